The molecule has 0 aromatic heterocycles. The summed E-state index contributed by atoms with van der Waals surface area (Å²) in [5, 5.41) is -0.916. The van der Waals surface area contributed by atoms with Gasteiger partial charge in [-0.15, -0.1) is 0 Å². The number of carbonyl (C=O) groups is 1. The zero-order valence-corrected chi connectivity index (χ0v) is 16.3. The molecule has 0 radical (unpaired) electrons. The first-order chi connectivity index (χ1) is 12.2. The van der Waals surface area contributed by atoms with Crippen molar-refractivity contribution >= 4 is 27.5 Å². The number of hydrogen-bond acceptors (Lipinski definition) is 5. The van der Waals surface area contributed by atoms with Gasteiger partial charge in [-0.1, -0.05) is 24.4 Å². The van der Waals surface area contributed by atoms with Crippen molar-refractivity contribution in [3.63, 3.8) is 0 Å². The minimum absolute atomic E-state index is 0.0527. The van der Waals surface area contributed by atoms with Crippen molar-refractivity contribution in [2.45, 2.75) is 37.9 Å². The van der Waals surface area contributed by atoms with E-state index in [9.17, 15) is 17.6 Å². The molecule has 1 amide bonds. The Morgan fingerprint density at radius 1 is 1.38 bits per heavy atom. The number of halogens is 2. The van der Waals surface area contributed by atoms with Crippen molar-refractivity contribution in [3.8, 4) is 5.75 Å². The molecule has 1 N–H and O–H groups in total. The van der Waals surface area contributed by atoms with Crippen LogP contribution in [0.15, 0.2) is 12.1 Å². The summed E-state index contributed by atoms with van der Waals surface area (Å²) >= 11 is 6.07. The average molecular weight is 408 g/mol. The van der Waals surface area contributed by atoms with Gasteiger partial charge in [0, 0.05) is 13.2 Å². The van der Waals surface area contributed by atoms with Gasteiger partial charge in [-0.05, 0) is 31.7 Å². The molecule has 1 aromatic rings. The predicted octanol–water partition coefficient (Wildman–Crippen LogP) is 3.14. The number of sulfonamides is 1. The van der Waals surface area contributed by atoms with Crippen LogP contribution in [-0.2, 0) is 14.8 Å². The molecule has 26 heavy (non-hydrogen) atoms. The molecule has 0 heterocycles. The Morgan fingerprint density at radius 2 is 2.04 bits per heavy atom. The fourth-order valence-corrected chi connectivity index (χ4v) is 3.91. The highest BCUT2D eigenvalue weighted by Gasteiger charge is 2.26. The lowest BCUT2D eigenvalue weighted by atomic mass is 10.1. The Bertz CT molecular complexity index is 750. The Balaban J connectivity index is 2.09. The maximum Gasteiger partial charge on any atom is 0.267 e. The van der Waals surface area contributed by atoms with Gasteiger partial charge >= 0.3 is 0 Å². The Hall–Kier alpha value is -1.38. The van der Waals surface area contributed by atoms with Gasteiger partial charge in [0.2, 0.25) is 10.0 Å². The highest BCUT2D eigenvalue weighted by atomic mass is 35.5. The number of carbonyl (C=O) groups excluding carboxylic acids is 1. The number of rotatable bonds is 8. The topological polar surface area (TPSA) is 81.7 Å². The van der Waals surface area contributed by atoms with Crippen LogP contribution in [0.4, 0.5) is 4.39 Å². The smallest absolute Gasteiger partial charge is 0.267 e. The standard InChI is InChI=1S/C17H23ClFNO5S/c1-11(9-24-2)26(22,23)20-17(21)13-7-14(18)16(8-15(13)19)25-10-12-5-3-4-6-12/h7-8,11-12H,3-6,9-10H2,1-2H3,(H,20,21). The van der Waals surface area contributed by atoms with Gasteiger partial charge in [-0.25, -0.2) is 17.5 Å². The van der Waals surface area contributed by atoms with Crippen molar-refractivity contribution in [2.24, 2.45) is 5.92 Å². The van der Waals surface area contributed by atoms with Crippen LogP contribution in [0.1, 0.15) is 43.0 Å². The maximum atomic E-state index is 14.3. The zero-order chi connectivity index (χ0) is 19.3. The van der Waals surface area contributed by atoms with E-state index in [2.05, 4.69) is 0 Å². The summed E-state index contributed by atoms with van der Waals surface area (Å²) in [6.07, 6.45) is 4.45. The van der Waals surface area contributed by atoms with Crippen LogP contribution in [0.25, 0.3) is 0 Å². The first kappa shape index (κ1) is 20.9. The molecule has 1 saturated carbocycles. The first-order valence-electron chi connectivity index (χ1n) is 8.41. The maximum absolute atomic E-state index is 14.3. The van der Waals surface area contributed by atoms with E-state index in [1.165, 1.54) is 14.0 Å². The van der Waals surface area contributed by atoms with Crippen LogP contribution in [0.2, 0.25) is 5.02 Å². The van der Waals surface area contributed by atoms with Crippen molar-refractivity contribution in [1.82, 2.24) is 4.72 Å². The van der Waals surface area contributed by atoms with Crippen molar-refractivity contribution in [1.29, 1.82) is 0 Å². The van der Waals surface area contributed by atoms with Gasteiger partial charge in [-0.2, -0.15) is 0 Å². The first-order valence-corrected chi connectivity index (χ1v) is 10.3. The van der Waals surface area contributed by atoms with Crippen molar-refractivity contribution in [2.75, 3.05) is 20.3 Å². The van der Waals surface area contributed by atoms with E-state index >= 15 is 0 Å². The minimum atomic E-state index is -4.00. The van der Waals surface area contributed by atoms with Gasteiger partial charge in [0.1, 0.15) is 16.8 Å². The summed E-state index contributed by atoms with van der Waals surface area (Å²) in [5.41, 5.74) is -0.462. The summed E-state index contributed by atoms with van der Waals surface area (Å²) in [5.74, 6) is -1.43. The van der Waals surface area contributed by atoms with Crippen LogP contribution < -0.4 is 9.46 Å². The van der Waals surface area contributed by atoms with Gasteiger partial charge in [0.25, 0.3) is 5.91 Å². The highest BCUT2D eigenvalue weighted by Crippen LogP contribution is 2.30. The van der Waals surface area contributed by atoms with E-state index in [0.29, 0.717) is 12.5 Å². The molecule has 1 aliphatic carbocycles. The number of benzene rings is 1. The lowest BCUT2D eigenvalue weighted by Gasteiger charge is -2.15. The van der Waals surface area contributed by atoms with E-state index in [1.54, 1.807) is 0 Å². The molecule has 1 unspecified atom stereocenters. The van der Waals surface area contributed by atoms with Gasteiger partial charge in [0.05, 0.1) is 23.8 Å². The Morgan fingerprint density at radius 3 is 2.65 bits per heavy atom. The second-order valence-corrected chi connectivity index (χ2v) is 8.97. The molecule has 146 valence electrons. The third kappa shape index (κ3) is 5.31. The number of amides is 1. The fourth-order valence-electron chi connectivity index (χ4n) is 2.81. The van der Waals surface area contributed by atoms with Crippen molar-refractivity contribution in [3.05, 3.63) is 28.5 Å². The van der Waals surface area contributed by atoms with Crippen LogP contribution in [0, 0.1) is 11.7 Å². The minimum Gasteiger partial charge on any atom is -0.492 e. The zero-order valence-electron chi connectivity index (χ0n) is 14.8. The lowest BCUT2D eigenvalue weighted by molar-refractivity contribution is 0.0976. The largest absolute Gasteiger partial charge is 0.492 e. The summed E-state index contributed by atoms with van der Waals surface area (Å²) in [6.45, 7) is 1.72. The van der Waals surface area contributed by atoms with Crippen LogP contribution >= 0.6 is 11.6 Å². The molecule has 0 bridgehead atoms. The van der Waals surface area contributed by atoms with Crippen LogP contribution in [0.5, 0.6) is 5.75 Å². The Labute approximate surface area is 158 Å². The molecule has 1 aliphatic rings. The van der Waals surface area contributed by atoms with Gasteiger partial charge < -0.3 is 9.47 Å². The normalized spacial score (nSPS) is 16.5. The predicted molar refractivity (Wildman–Crippen MR) is 96.6 cm³/mol. The van der Waals surface area contributed by atoms with E-state index in [-0.39, 0.29) is 17.4 Å². The fraction of sp³-hybridized carbons (Fsp3) is 0.588. The molecule has 0 saturated heterocycles. The van der Waals surface area contributed by atoms with Crippen LogP contribution in [0.3, 0.4) is 0 Å². The third-order valence-electron chi connectivity index (χ3n) is 4.38. The lowest BCUT2D eigenvalue weighted by Crippen LogP contribution is -2.39. The SMILES string of the molecule is COCC(C)S(=O)(=O)NC(=O)c1cc(Cl)c(OCC2CCCC2)cc1F. The van der Waals surface area contributed by atoms with E-state index in [4.69, 9.17) is 21.1 Å². The van der Waals surface area contributed by atoms with Gasteiger partial charge in [-0.3, -0.25) is 4.79 Å². The second kappa shape index (κ2) is 9.01. The molecule has 1 aromatic carbocycles. The van der Waals surface area contributed by atoms with Crippen LogP contribution in [-0.4, -0.2) is 39.9 Å². The van der Waals surface area contributed by atoms with Crippen molar-refractivity contribution < 1.29 is 27.1 Å². The average Bonchev–Trinajstić information content (AvgIpc) is 3.08. The molecule has 2 rings (SSSR count). The molecule has 9 heteroatoms. The summed E-state index contributed by atoms with van der Waals surface area (Å²) in [4.78, 5) is 12.1. The molecule has 1 atom stereocenters. The second-order valence-electron chi connectivity index (χ2n) is 6.47. The summed E-state index contributed by atoms with van der Waals surface area (Å²) in [7, 11) is -2.65. The Kier molecular flexibility index (Phi) is 7.25. The molecular weight excluding hydrogens is 385 g/mol. The molecule has 0 spiro atoms. The molecule has 1 fully saturated rings. The molecule has 0 aliphatic heterocycles. The third-order valence-corrected chi connectivity index (χ3v) is 6.34. The summed E-state index contributed by atoms with van der Waals surface area (Å²) in [6, 6.07) is 2.09. The molecule has 6 nitrogen and oxygen atoms in total. The van der Waals surface area contributed by atoms with E-state index in [0.717, 1.165) is 37.8 Å². The number of methoxy groups -OCH3 is 1. The van der Waals surface area contributed by atoms with E-state index < -0.39 is 32.6 Å². The number of hydrogen-bond donors (Lipinski definition) is 1. The number of ether oxygens (including phenoxy) is 2. The summed E-state index contributed by atoms with van der Waals surface area (Å²) < 4.78 is 50.5. The quantitative estimate of drug-likeness (QED) is 0.715. The number of nitrogens with one attached hydrogen (secondary N) is 1. The van der Waals surface area contributed by atoms with Gasteiger partial charge in [0.15, 0.2) is 0 Å². The monoisotopic (exact) mass is 407 g/mol. The highest BCUT2D eigenvalue weighted by molar-refractivity contribution is 7.90. The molecular formula is C17H23ClFNO5S. The van der Waals surface area contributed by atoms with E-state index in [1.807, 2.05) is 4.72 Å².